The number of likely N-dealkylation sites (N-methyl/N-ethyl adjacent to an activating group) is 1. The van der Waals surface area contributed by atoms with E-state index in [0.29, 0.717) is 6.54 Å². The van der Waals surface area contributed by atoms with Crippen molar-refractivity contribution in [3.8, 4) is 0 Å². The van der Waals surface area contributed by atoms with Crippen molar-refractivity contribution in [3.63, 3.8) is 0 Å². The van der Waals surface area contributed by atoms with Crippen LogP contribution >= 0.6 is 0 Å². The number of thiol groups is 1. The first-order chi connectivity index (χ1) is 4.66. The van der Waals surface area contributed by atoms with E-state index in [2.05, 4.69) is 9.50 Å². The first-order valence-corrected chi connectivity index (χ1v) is 4.28. The quantitative estimate of drug-likeness (QED) is 0.543. The highest BCUT2D eigenvalue weighted by atomic mass is 32.2. The third-order valence-electron chi connectivity index (χ3n) is 0.948. The molecule has 0 heterocycles. The van der Waals surface area contributed by atoms with Crippen molar-refractivity contribution in [2.45, 2.75) is 20.0 Å². The molecule has 4 nitrogen and oxygen atoms in total. The Morgan fingerprint density at radius 3 is 2.60 bits per heavy atom. The highest BCUT2D eigenvalue weighted by Crippen LogP contribution is 1.86. The van der Waals surface area contributed by atoms with Gasteiger partial charge in [0.1, 0.15) is 0 Å². The lowest BCUT2D eigenvalue weighted by Crippen LogP contribution is -2.26. The van der Waals surface area contributed by atoms with Crippen molar-refractivity contribution < 1.29 is 12.6 Å². The fourth-order valence-electron chi connectivity index (χ4n) is 0.532. The second-order valence-electron chi connectivity index (χ2n) is 1.95. The van der Waals surface area contributed by atoms with Gasteiger partial charge in [-0.3, -0.25) is 4.18 Å². The van der Waals surface area contributed by atoms with Crippen LogP contribution in [0.3, 0.4) is 0 Å². The maximum Gasteiger partial charge on any atom is 0.257 e. The summed E-state index contributed by atoms with van der Waals surface area (Å²) in [6.45, 7) is 5.04. The van der Waals surface area contributed by atoms with Crippen LogP contribution in [0.5, 0.6) is 0 Å². The zero-order valence-electron chi connectivity index (χ0n) is 6.16. The lowest BCUT2D eigenvalue weighted by molar-refractivity contribution is 0.235. The molecule has 1 atom stereocenters. The molecule has 0 spiro atoms. The minimum atomic E-state index is -2.70. The van der Waals surface area contributed by atoms with Gasteiger partial charge in [0.15, 0.2) is 0 Å². The van der Waals surface area contributed by atoms with E-state index >= 15 is 0 Å². The first kappa shape index (κ1) is 9.87. The zero-order chi connectivity index (χ0) is 7.98. The molecule has 5 heteroatoms. The summed E-state index contributed by atoms with van der Waals surface area (Å²) in [5.74, 6) is 0. The highest BCUT2D eigenvalue weighted by Gasteiger charge is 2.00. The topological polar surface area (TPSA) is 55.4 Å². The maximum atomic E-state index is 9.96. The molecule has 0 saturated carbocycles. The molecule has 0 rings (SSSR count). The van der Waals surface area contributed by atoms with Crippen LogP contribution in [0.25, 0.3) is 0 Å². The molecular weight excluding hydrogens is 154 g/mol. The summed E-state index contributed by atoms with van der Waals surface area (Å²) in [6.07, 6.45) is -0.263. The van der Waals surface area contributed by atoms with Crippen molar-refractivity contribution in [2.24, 2.45) is 0 Å². The van der Waals surface area contributed by atoms with Gasteiger partial charge < -0.3 is 5.32 Å². The molecule has 10 heavy (non-hydrogen) atoms. The lowest BCUT2D eigenvalue weighted by atomic mass is 10.4. The molecule has 0 radical (unpaired) electrons. The van der Waals surface area contributed by atoms with Gasteiger partial charge in [0.25, 0.3) is 11.0 Å². The molecule has 0 aliphatic carbocycles. The fraction of sp³-hybridized carbons (Fsp3) is 1.00. The summed E-state index contributed by atoms with van der Waals surface area (Å²) in [5.41, 5.74) is 0. The van der Waals surface area contributed by atoms with Crippen LogP contribution in [0.2, 0.25) is 0 Å². The Kier molecular flexibility index (Phi) is 5.57. The Morgan fingerprint density at radius 1 is 1.60 bits per heavy atom. The van der Waals surface area contributed by atoms with Crippen molar-refractivity contribution in [1.29, 1.82) is 0 Å². The monoisotopic (exact) mass is 167 g/mol. The highest BCUT2D eigenvalue weighted by molar-refractivity contribution is 7.67. The molecule has 0 aliphatic heterocycles. The summed E-state index contributed by atoms with van der Waals surface area (Å²) in [4.78, 5) is 0. The minimum Gasteiger partial charge on any atom is -0.314 e. The van der Waals surface area contributed by atoms with Gasteiger partial charge in [-0.2, -0.15) is 0 Å². The average molecular weight is 167 g/mol. The number of nitrogens with one attached hydrogen (secondary N) is 1. The third-order valence-corrected chi connectivity index (χ3v) is 1.48. The standard InChI is InChI=1S/C5H13NO3S/c1-3-6-4-5(2)9-10(7)8/h5-6,10H,3-4H2,1-2H3. The summed E-state index contributed by atoms with van der Waals surface area (Å²) in [6, 6.07) is 0. The lowest BCUT2D eigenvalue weighted by Gasteiger charge is -2.06. The van der Waals surface area contributed by atoms with Crippen LogP contribution in [0, 0.1) is 0 Å². The van der Waals surface area contributed by atoms with Gasteiger partial charge in [0.05, 0.1) is 6.10 Å². The molecule has 0 bridgehead atoms. The Hall–Kier alpha value is -0.130. The average Bonchev–Trinajstić information content (AvgIpc) is 1.82. The van der Waals surface area contributed by atoms with Gasteiger partial charge in [0, 0.05) is 6.54 Å². The van der Waals surface area contributed by atoms with Gasteiger partial charge in [0.2, 0.25) is 0 Å². The molecule has 0 fully saturated rings. The second-order valence-corrected chi connectivity index (χ2v) is 2.61. The van der Waals surface area contributed by atoms with Crippen LogP contribution in [0.4, 0.5) is 0 Å². The van der Waals surface area contributed by atoms with Crippen LogP contribution in [0.1, 0.15) is 13.8 Å². The Balaban J connectivity index is 3.33. The van der Waals surface area contributed by atoms with Gasteiger partial charge in [-0.05, 0) is 13.5 Å². The minimum absolute atomic E-state index is 0.263. The second kappa shape index (κ2) is 5.64. The third kappa shape index (κ3) is 6.00. The van der Waals surface area contributed by atoms with Crippen LogP contribution < -0.4 is 5.32 Å². The molecule has 0 saturated heterocycles. The van der Waals surface area contributed by atoms with Crippen LogP contribution in [-0.2, 0) is 15.2 Å². The number of hydrogen-bond donors (Lipinski definition) is 2. The molecule has 0 amide bonds. The van der Waals surface area contributed by atoms with E-state index in [1.807, 2.05) is 6.92 Å². The summed E-state index contributed by atoms with van der Waals surface area (Å²) < 4.78 is 24.4. The van der Waals surface area contributed by atoms with E-state index in [1.165, 1.54) is 0 Å². The SMILES string of the molecule is CCNCC(C)O[SH](=O)=O. The molecule has 1 unspecified atom stereocenters. The van der Waals surface area contributed by atoms with Crippen molar-refractivity contribution in [2.75, 3.05) is 13.1 Å². The van der Waals surface area contributed by atoms with Crippen LogP contribution in [-0.4, -0.2) is 27.6 Å². The summed E-state index contributed by atoms with van der Waals surface area (Å²) in [5, 5.41) is 2.96. The van der Waals surface area contributed by atoms with Gasteiger partial charge in [-0.25, -0.2) is 8.42 Å². The van der Waals surface area contributed by atoms with Gasteiger partial charge in [-0.15, -0.1) is 0 Å². The molecule has 1 N–H and O–H groups in total. The van der Waals surface area contributed by atoms with Gasteiger partial charge >= 0.3 is 0 Å². The smallest absolute Gasteiger partial charge is 0.257 e. The van der Waals surface area contributed by atoms with Crippen molar-refractivity contribution in [1.82, 2.24) is 5.32 Å². The summed E-state index contributed by atoms with van der Waals surface area (Å²) in [7, 11) is -2.70. The van der Waals surface area contributed by atoms with Crippen molar-refractivity contribution in [3.05, 3.63) is 0 Å². The molecule has 0 aromatic rings. The van der Waals surface area contributed by atoms with E-state index in [9.17, 15) is 8.42 Å². The van der Waals surface area contributed by atoms with Gasteiger partial charge in [-0.1, -0.05) is 6.92 Å². The maximum absolute atomic E-state index is 9.96. The predicted octanol–water partition coefficient (Wildman–Crippen LogP) is -0.473. The molecule has 0 aliphatic rings. The largest absolute Gasteiger partial charge is 0.314 e. The van der Waals surface area contributed by atoms with E-state index < -0.39 is 11.0 Å². The van der Waals surface area contributed by atoms with E-state index in [4.69, 9.17) is 0 Å². The number of hydrogen-bond acceptors (Lipinski definition) is 4. The Bertz CT molecular complexity index is 138. The van der Waals surface area contributed by atoms with E-state index in [0.717, 1.165) is 6.54 Å². The fourth-order valence-corrected chi connectivity index (χ4v) is 0.900. The van der Waals surface area contributed by atoms with E-state index in [-0.39, 0.29) is 6.10 Å². The number of rotatable bonds is 5. The zero-order valence-corrected chi connectivity index (χ0v) is 7.06. The Labute approximate surface area is 62.7 Å². The molecule has 0 aromatic heterocycles. The Morgan fingerprint density at radius 2 is 2.20 bits per heavy atom. The first-order valence-electron chi connectivity index (χ1n) is 3.18. The van der Waals surface area contributed by atoms with Crippen LogP contribution in [0.15, 0.2) is 0 Å². The van der Waals surface area contributed by atoms with Crippen molar-refractivity contribution >= 4 is 11.0 Å². The summed E-state index contributed by atoms with van der Waals surface area (Å²) >= 11 is 0. The molecule has 62 valence electrons. The molecular formula is C5H13NO3S. The van der Waals surface area contributed by atoms with E-state index in [1.54, 1.807) is 6.92 Å². The molecule has 0 aromatic carbocycles. The predicted molar refractivity (Wildman–Crippen MR) is 39.4 cm³/mol. The normalized spacial score (nSPS) is 13.9.